The van der Waals surface area contributed by atoms with Crippen LogP contribution >= 0.6 is 23.1 Å². The first kappa shape index (κ1) is 21.8. The fourth-order valence-electron chi connectivity index (χ4n) is 3.68. The third-order valence-electron chi connectivity index (χ3n) is 5.44. The van der Waals surface area contributed by atoms with E-state index < -0.39 is 10.0 Å². The van der Waals surface area contributed by atoms with Gasteiger partial charge in [-0.25, -0.2) is 13.4 Å². The van der Waals surface area contributed by atoms with Crippen LogP contribution in [0.5, 0.6) is 0 Å². The number of sulfonamides is 1. The number of carbonyl (C=O) groups is 1. The molecule has 1 N–H and O–H groups in total. The van der Waals surface area contributed by atoms with E-state index in [0.717, 1.165) is 48.3 Å². The minimum atomic E-state index is -3.55. The molecule has 8 nitrogen and oxygen atoms in total. The van der Waals surface area contributed by atoms with Crippen LogP contribution in [0.4, 0.5) is 0 Å². The Morgan fingerprint density at radius 1 is 1.17 bits per heavy atom. The topological polar surface area (TPSA) is 89.6 Å². The molecule has 0 aliphatic carbocycles. The molecule has 1 amide bonds. The molecule has 4 heterocycles. The Morgan fingerprint density at radius 3 is 2.57 bits per heavy atom. The molecule has 0 unspecified atom stereocenters. The van der Waals surface area contributed by atoms with E-state index >= 15 is 0 Å². The summed E-state index contributed by atoms with van der Waals surface area (Å²) in [5.41, 5.74) is 1.42. The van der Waals surface area contributed by atoms with Gasteiger partial charge in [-0.05, 0) is 12.5 Å². The fraction of sp³-hybridized carbons (Fsp3) is 0.579. The SMILES string of the molecule is CCc1nc(CN2CCN(C(=O)c3cc(S(=O)(=O)N4CCSCC4)c[nH]3)CC2)cs1. The molecule has 0 spiro atoms. The summed E-state index contributed by atoms with van der Waals surface area (Å²) in [6.45, 7) is 6.74. The molecule has 2 aliphatic heterocycles. The Morgan fingerprint density at radius 2 is 1.90 bits per heavy atom. The van der Waals surface area contributed by atoms with E-state index in [1.165, 1.54) is 16.6 Å². The summed E-state index contributed by atoms with van der Waals surface area (Å²) in [5, 5.41) is 3.26. The number of hydrogen-bond acceptors (Lipinski definition) is 7. The summed E-state index contributed by atoms with van der Waals surface area (Å²) in [6, 6.07) is 1.48. The summed E-state index contributed by atoms with van der Waals surface area (Å²) in [5.74, 6) is 1.47. The van der Waals surface area contributed by atoms with Gasteiger partial charge < -0.3 is 9.88 Å². The van der Waals surface area contributed by atoms with Gasteiger partial charge in [-0.2, -0.15) is 16.1 Å². The fourth-order valence-corrected chi connectivity index (χ4v) is 6.98. The van der Waals surface area contributed by atoms with E-state index in [1.807, 2.05) is 0 Å². The van der Waals surface area contributed by atoms with Crippen molar-refractivity contribution in [2.45, 2.75) is 24.8 Å². The lowest BCUT2D eigenvalue weighted by Crippen LogP contribution is -2.48. The molecule has 30 heavy (non-hydrogen) atoms. The zero-order valence-corrected chi connectivity index (χ0v) is 19.5. The van der Waals surface area contributed by atoms with Crippen molar-refractivity contribution in [1.29, 1.82) is 0 Å². The highest BCUT2D eigenvalue weighted by Gasteiger charge is 2.29. The maximum absolute atomic E-state index is 12.9. The maximum Gasteiger partial charge on any atom is 0.270 e. The molecule has 4 rings (SSSR count). The first-order chi connectivity index (χ1) is 14.5. The van der Waals surface area contributed by atoms with Gasteiger partial charge in [-0.1, -0.05) is 6.92 Å². The van der Waals surface area contributed by atoms with Crippen molar-refractivity contribution in [3.05, 3.63) is 34.0 Å². The molecule has 164 valence electrons. The molecular formula is C19H27N5O3S3. The molecule has 0 radical (unpaired) electrons. The molecule has 2 fully saturated rings. The molecule has 0 aromatic carbocycles. The monoisotopic (exact) mass is 469 g/mol. The number of piperazine rings is 1. The highest BCUT2D eigenvalue weighted by molar-refractivity contribution is 7.99. The lowest BCUT2D eigenvalue weighted by Gasteiger charge is -2.34. The molecule has 2 aromatic rings. The number of rotatable bonds is 6. The van der Waals surface area contributed by atoms with Crippen molar-refractivity contribution in [3.63, 3.8) is 0 Å². The van der Waals surface area contributed by atoms with Gasteiger partial charge in [0.15, 0.2) is 0 Å². The minimum absolute atomic E-state index is 0.146. The second kappa shape index (κ2) is 9.39. The van der Waals surface area contributed by atoms with Gasteiger partial charge in [0.1, 0.15) is 10.6 Å². The van der Waals surface area contributed by atoms with Gasteiger partial charge >= 0.3 is 0 Å². The molecule has 11 heteroatoms. The molecule has 2 saturated heterocycles. The van der Waals surface area contributed by atoms with Gasteiger partial charge in [-0.15, -0.1) is 11.3 Å². The van der Waals surface area contributed by atoms with Crippen LogP contribution in [0, 0.1) is 0 Å². The van der Waals surface area contributed by atoms with Gasteiger partial charge in [0.25, 0.3) is 5.91 Å². The molecule has 0 atom stereocenters. The second-order valence-corrected chi connectivity index (χ2v) is 11.5. The average molecular weight is 470 g/mol. The van der Waals surface area contributed by atoms with Gasteiger partial charge in [0, 0.05) is 68.9 Å². The number of hydrogen-bond donors (Lipinski definition) is 1. The van der Waals surface area contributed by atoms with Crippen molar-refractivity contribution in [3.8, 4) is 0 Å². The molecule has 2 aliphatic rings. The molecular weight excluding hydrogens is 442 g/mol. The van der Waals surface area contributed by atoms with Crippen molar-refractivity contribution >= 4 is 39.0 Å². The van der Waals surface area contributed by atoms with Gasteiger partial charge in [-0.3, -0.25) is 9.69 Å². The van der Waals surface area contributed by atoms with Crippen LogP contribution in [0.25, 0.3) is 0 Å². The highest BCUT2D eigenvalue weighted by Crippen LogP contribution is 2.22. The Bertz CT molecular complexity index is 973. The van der Waals surface area contributed by atoms with Crippen LogP contribution in [-0.2, 0) is 23.0 Å². The van der Waals surface area contributed by atoms with Crippen LogP contribution in [0.15, 0.2) is 22.5 Å². The first-order valence-corrected chi connectivity index (χ1v) is 13.7. The number of aryl methyl sites for hydroxylation is 1. The summed E-state index contributed by atoms with van der Waals surface area (Å²) < 4.78 is 27.1. The Hall–Kier alpha value is -1.40. The molecule has 0 saturated carbocycles. The minimum Gasteiger partial charge on any atom is -0.356 e. The van der Waals surface area contributed by atoms with Crippen LogP contribution in [0.2, 0.25) is 0 Å². The number of thiazole rings is 1. The van der Waals surface area contributed by atoms with Gasteiger partial charge in [0.05, 0.1) is 10.7 Å². The Labute approximate surface area is 185 Å². The summed E-state index contributed by atoms with van der Waals surface area (Å²) in [7, 11) is -3.55. The third kappa shape index (κ3) is 4.75. The Balaban J connectivity index is 1.34. The zero-order chi connectivity index (χ0) is 21.1. The zero-order valence-electron chi connectivity index (χ0n) is 17.0. The highest BCUT2D eigenvalue weighted by atomic mass is 32.2. The lowest BCUT2D eigenvalue weighted by molar-refractivity contribution is 0.0622. The normalized spacial score (nSPS) is 19.3. The number of nitrogens with zero attached hydrogens (tertiary/aromatic N) is 4. The van der Waals surface area contributed by atoms with Crippen LogP contribution in [-0.4, -0.2) is 89.2 Å². The van der Waals surface area contributed by atoms with Crippen molar-refractivity contribution in [1.82, 2.24) is 24.1 Å². The Kier molecular flexibility index (Phi) is 6.83. The number of aromatic nitrogens is 2. The summed E-state index contributed by atoms with van der Waals surface area (Å²) >= 11 is 3.45. The standard InChI is InChI=1S/C19H27N5O3S3/c1-2-18-21-15(14-29-18)13-22-3-5-23(6-4-22)19(25)17-11-16(12-20-17)30(26,27)24-7-9-28-10-8-24/h11-12,14,20H,2-10,13H2,1H3. The largest absolute Gasteiger partial charge is 0.356 e. The van der Waals surface area contributed by atoms with Crippen LogP contribution < -0.4 is 0 Å². The summed E-state index contributed by atoms with van der Waals surface area (Å²) in [4.78, 5) is 24.6. The van der Waals surface area contributed by atoms with E-state index in [2.05, 4.69) is 27.2 Å². The summed E-state index contributed by atoms with van der Waals surface area (Å²) in [6.07, 6.45) is 2.39. The van der Waals surface area contributed by atoms with Crippen molar-refractivity contribution in [2.75, 3.05) is 50.8 Å². The predicted molar refractivity (Wildman–Crippen MR) is 120 cm³/mol. The second-order valence-electron chi connectivity index (χ2n) is 7.42. The van der Waals surface area contributed by atoms with E-state index in [4.69, 9.17) is 0 Å². The smallest absolute Gasteiger partial charge is 0.270 e. The molecule has 2 aromatic heterocycles. The van der Waals surface area contributed by atoms with E-state index in [9.17, 15) is 13.2 Å². The maximum atomic E-state index is 12.9. The van der Waals surface area contributed by atoms with E-state index in [1.54, 1.807) is 28.0 Å². The average Bonchev–Trinajstić information content (AvgIpc) is 3.44. The van der Waals surface area contributed by atoms with Crippen LogP contribution in [0.1, 0.15) is 28.1 Å². The lowest BCUT2D eigenvalue weighted by atomic mass is 10.2. The predicted octanol–water partition coefficient (Wildman–Crippen LogP) is 1.73. The quantitative estimate of drug-likeness (QED) is 0.693. The van der Waals surface area contributed by atoms with Crippen LogP contribution in [0.3, 0.4) is 0 Å². The van der Waals surface area contributed by atoms with E-state index in [-0.39, 0.29) is 10.8 Å². The van der Waals surface area contributed by atoms with E-state index in [0.29, 0.717) is 31.9 Å². The van der Waals surface area contributed by atoms with Gasteiger partial charge in [0.2, 0.25) is 10.0 Å². The number of amides is 1. The van der Waals surface area contributed by atoms with Crippen molar-refractivity contribution in [2.24, 2.45) is 0 Å². The number of thioether (sulfide) groups is 1. The molecule has 0 bridgehead atoms. The first-order valence-electron chi connectivity index (χ1n) is 10.2. The number of nitrogens with one attached hydrogen (secondary N) is 1. The number of carbonyl (C=O) groups excluding carboxylic acids is 1. The third-order valence-corrected chi connectivity index (χ3v) is 9.30. The number of aromatic amines is 1. The van der Waals surface area contributed by atoms with Crippen molar-refractivity contribution < 1.29 is 13.2 Å². The number of H-pyrrole nitrogens is 1.